The zero-order valence-electron chi connectivity index (χ0n) is 18.2. The second-order valence-corrected chi connectivity index (χ2v) is 10.2. The van der Waals surface area contributed by atoms with Gasteiger partial charge in [-0.3, -0.25) is 0 Å². The van der Waals surface area contributed by atoms with Crippen molar-refractivity contribution in [1.82, 2.24) is 4.90 Å². The number of rotatable bonds is 6. The summed E-state index contributed by atoms with van der Waals surface area (Å²) in [5, 5.41) is 11.5. The van der Waals surface area contributed by atoms with Crippen molar-refractivity contribution in [3.63, 3.8) is 0 Å². The molecule has 0 radical (unpaired) electrons. The molecule has 0 amide bonds. The summed E-state index contributed by atoms with van der Waals surface area (Å²) < 4.78 is 0. The summed E-state index contributed by atoms with van der Waals surface area (Å²) in [6.45, 7) is 4.22. The molecule has 1 atom stereocenters. The van der Waals surface area contributed by atoms with Gasteiger partial charge in [-0.1, -0.05) is 59.8 Å². The minimum absolute atomic E-state index is 0.324. The summed E-state index contributed by atoms with van der Waals surface area (Å²) in [5.41, 5.74) is 3.62. The van der Waals surface area contributed by atoms with E-state index in [-0.39, 0.29) is 0 Å². The van der Waals surface area contributed by atoms with Crippen molar-refractivity contribution in [1.29, 1.82) is 0 Å². The molecule has 3 aromatic rings. The first-order valence-corrected chi connectivity index (χ1v) is 12.7. The number of nitrogens with zero attached hydrogens (tertiary/aromatic N) is 2. The highest BCUT2D eigenvalue weighted by atomic mass is 35.5. The van der Waals surface area contributed by atoms with Crippen molar-refractivity contribution < 1.29 is 5.11 Å². The number of para-hydroxylation sites is 2. The molecule has 2 aliphatic rings. The van der Waals surface area contributed by atoms with Gasteiger partial charge in [0.15, 0.2) is 0 Å². The maximum atomic E-state index is 10.8. The molecular weight excluding hydrogens is 436 g/mol. The third-order valence-electron chi connectivity index (χ3n) is 6.68. The van der Waals surface area contributed by atoms with Gasteiger partial charge in [0.1, 0.15) is 0 Å². The Labute approximate surface area is 200 Å². The number of fused-ring (bicyclic) bond motifs is 2. The maximum Gasteiger partial charge on any atom is 0.0819 e. The monoisotopic (exact) mass is 464 g/mol. The highest BCUT2D eigenvalue weighted by Gasteiger charge is 2.27. The quantitative estimate of drug-likeness (QED) is 0.435. The largest absolute Gasteiger partial charge is 0.388 e. The Balaban J connectivity index is 1.16. The molecule has 5 rings (SSSR count). The highest BCUT2D eigenvalue weighted by molar-refractivity contribution is 7.99. The van der Waals surface area contributed by atoms with Gasteiger partial charge in [-0.25, -0.2) is 0 Å². The van der Waals surface area contributed by atoms with Gasteiger partial charge in [0.2, 0.25) is 0 Å². The van der Waals surface area contributed by atoms with Crippen LogP contribution < -0.4 is 4.90 Å². The lowest BCUT2D eigenvalue weighted by Crippen LogP contribution is -2.37. The van der Waals surface area contributed by atoms with Crippen molar-refractivity contribution in [3.05, 3.63) is 83.4 Å². The molecule has 0 aliphatic carbocycles. The predicted octanol–water partition coefficient (Wildman–Crippen LogP) is 6.78. The third-order valence-corrected chi connectivity index (χ3v) is 8.06. The molecule has 3 aromatic carbocycles. The molecule has 166 valence electrons. The smallest absolute Gasteiger partial charge is 0.0819 e. The van der Waals surface area contributed by atoms with E-state index < -0.39 is 6.10 Å². The first kappa shape index (κ1) is 21.8. The van der Waals surface area contributed by atoms with Gasteiger partial charge in [0, 0.05) is 21.4 Å². The molecule has 1 saturated heterocycles. The molecule has 0 aromatic heterocycles. The average molecular weight is 465 g/mol. The van der Waals surface area contributed by atoms with E-state index >= 15 is 0 Å². The Morgan fingerprint density at radius 1 is 0.844 bits per heavy atom. The number of piperidine rings is 1. The fourth-order valence-electron chi connectivity index (χ4n) is 4.90. The summed E-state index contributed by atoms with van der Waals surface area (Å²) in [5.74, 6) is 0.324. The summed E-state index contributed by atoms with van der Waals surface area (Å²) >= 11 is 7.86. The van der Waals surface area contributed by atoms with Crippen molar-refractivity contribution in [2.24, 2.45) is 5.92 Å². The van der Waals surface area contributed by atoms with Crippen LogP contribution in [0.1, 0.15) is 30.9 Å². The van der Waals surface area contributed by atoms with Crippen LogP contribution >= 0.6 is 23.4 Å². The van der Waals surface area contributed by atoms with E-state index in [0.29, 0.717) is 10.9 Å². The van der Waals surface area contributed by atoms with Gasteiger partial charge in [0.05, 0.1) is 17.5 Å². The number of hydrogen-bond donors (Lipinski definition) is 1. The average Bonchev–Trinajstić information content (AvgIpc) is 2.84. The van der Waals surface area contributed by atoms with Crippen LogP contribution in [0.5, 0.6) is 0 Å². The first-order valence-electron chi connectivity index (χ1n) is 11.5. The number of halogens is 1. The molecule has 0 spiro atoms. The second kappa shape index (κ2) is 9.88. The Morgan fingerprint density at radius 3 is 2.06 bits per heavy atom. The number of anilines is 2. The van der Waals surface area contributed by atoms with E-state index in [2.05, 4.69) is 58.3 Å². The van der Waals surface area contributed by atoms with Crippen LogP contribution in [0.3, 0.4) is 0 Å². The van der Waals surface area contributed by atoms with E-state index in [1.165, 1.54) is 21.2 Å². The van der Waals surface area contributed by atoms with Crippen LogP contribution in [0.4, 0.5) is 11.4 Å². The van der Waals surface area contributed by atoms with Gasteiger partial charge in [-0.2, -0.15) is 0 Å². The lowest BCUT2D eigenvalue weighted by Gasteiger charge is -2.36. The summed E-state index contributed by atoms with van der Waals surface area (Å²) in [6.07, 6.45) is 2.80. The summed E-state index contributed by atoms with van der Waals surface area (Å²) in [4.78, 5) is 7.71. The molecular formula is C27H29ClN2OS. The lowest BCUT2D eigenvalue weighted by atomic mass is 9.87. The lowest BCUT2D eigenvalue weighted by molar-refractivity contribution is 0.0588. The topological polar surface area (TPSA) is 26.7 Å². The van der Waals surface area contributed by atoms with Crippen LogP contribution in [0.25, 0.3) is 0 Å². The van der Waals surface area contributed by atoms with Gasteiger partial charge in [-0.05, 0) is 86.8 Å². The molecule has 0 bridgehead atoms. The Bertz CT molecular complexity index is 1000. The predicted molar refractivity (Wildman–Crippen MR) is 134 cm³/mol. The minimum Gasteiger partial charge on any atom is -0.388 e. The van der Waals surface area contributed by atoms with Gasteiger partial charge < -0.3 is 14.9 Å². The number of aliphatic hydroxyl groups excluding tert-OH is 1. The second-order valence-electron chi connectivity index (χ2n) is 8.72. The standard InChI is InChI=1S/C27H29ClN2OS/c28-22-12-10-20(11-13-22)27(31)21-14-18-29(19-15-21)16-5-17-30-23-6-1-3-8-25(23)32-26-9-4-2-7-24(26)30/h1-4,6-13,21,27,31H,5,14-19H2. The van der Waals surface area contributed by atoms with Crippen molar-refractivity contribution in [2.75, 3.05) is 31.1 Å². The molecule has 5 heteroatoms. The minimum atomic E-state index is -0.395. The van der Waals surface area contributed by atoms with Crippen molar-refractivity contribution in [3.8, 4) is 0 Å². The van der Waals surface area contributed by atoms with E-state index in [1.54, 1.807) is 0 Å². The SMILES string of the molecule is OC(c1ccc(Cl)cc1)C1CCN(CCCN2c3ccccc3Sc3ccccc32)CC1. The maximum absolute atomic E-state index is 10.8. The van der Waals surface area contributed by atoms with Gasteiger partial charge in [0.25, 0.3) is 0 Å². The number of benzene rings is 3. The Kier molecular flexibility index (Phi) is 6.74. The number of aliphatic hydroxyl groups is 1. The van der Waals surface area contributed by atoms with Crippen LogP contribution in [0.15, 0.2) is 82.6 Å². The summed E-state index contributed by atoms with van der Waals surface area (Å²) in [7, 11) is 0. The van der Waals surface area contributed by atoms with Crippen molar-refractivity contribution >= 4 is 34.7 Å². The molecule has 32 heavy (non-hydrogen) atoms. The van der Waals surface area contributed by atoms with Crippen LogP contribution in [0.2, 0.25) is 5.02 Å². The molecule has 2 heterocycles. The Hall–Kier alpha value is -1.98. The molecule has 0 saturated carbocycles. The van der Waals surface area contributed by atoms with E-state index in [1.807, 2.05) is 36.0 Å². The number of hydrogen-bond acceptors (Lipinski definition) is 4. The molecule has 1 N–H and O–H groups in total. The summed E-state index contributed by atoms with van der Waals surface area (Å²) in [6, 6.07) is 25.1. The fourth-order valence-corrected chi connectivity index (χ4v) is 6.12. The first-order chi connectivity index (χ1) is 15.7. The molecule has 1 fully saturated rings. The number of likely N-dealkylation sites (tertiary alicyclic amines) is 1. The molecule has 2 aliphatic heterocycles. The fraction of sp³-hybridized carbons (Fsp3) is 0.333. The van der Waals surface area contributed by atoms with Gasteiger partial charge >= 0.3 is 0 Å². The van der Waals surface area contributed by atoms with Gasteiger partial charge in [-0.15, -0.1) is 0 Å². The normalized spacial score (nSPS) is 17.6. The van der Waals surface area contributed by atoms with E-state index in [0.717, 1.165) is 51.0 Å². The zero-order valence-corrected chi connectivity index (χ0v) is 19.7. The van der Waals surface area contributed by atoms with E-state index in [4.69, 9.17) is 11.6 Å². The zero-order chi connectivity index (χ0) is 21.9. The van der Waals surface area contributed by atoms with Crippen LogP contribution in [0, 0.1) is 5.92 Å². The van der Waals surface area contributed by atoms with E-state index in [9.17, 15) is 5.11 Å². The Morgan fingerprint density at radius 2 is 1.44 bits per heavy atom. The molecule has 1 unspecified atom stereocenters. The molecule has 3 nitrogen and oxygen atoms in total. The highest BCUT2D eigenvalue weighted by Crippen LogP contribution is 2.47. The van der Waals surface area contributed by atoms with Crippen molar-refractivity contribution in [2.45, 2.75) is 35.2 Å². The van der Waals surface area contributed by atoms with Crippen LogP contribution in [-0.2, 0) is 0 Å². The third kappa shape index (κ3) is 4.69. The van der Waals surface area contributed by atoms with Crippen LogP contribution in [-0.4, -0.2) is 36.2 Å².